The lowest BCUT2D eigenvalue weighted by atomic mass is 10.1. The van der Waals surface area contributed by atoms with Crippen LogP contribution in [-0.4, -0.2) is 14.9 Å². The van der Waals surface area contributed by atoms with Crippen LogP contribution in [0.2, 0.25) is 0 Å². The zero-order valence-corrected chi connectivity index (χ0v) is 15.1. The highest BCUT2D eigenvalue weighted by Crippen LogP contribution is 2.31. The lowest BCUT2D eigenvalue weighted by Crippen LogP contribution is -2.06. The van der Waals surface area contributed by atoms with Crippen LogP contribution in [0.3, 0.4) is 0 Å². The first-order chi connectivity index (χ1) is 13.2. The molecule has 4 rings (SSSR count). The van der Waals surface area contributed by atoms with Crippen molar-refractivity contribution in [2.75, 3.05) is 0 Å². The molecule has 0 fully saturated rings. The Labute approximate surface area is 158 Å². The molecule has 0 saturated carbocycles. The summed E-state index contributed by atoms with van der Waals surface area (Å²) in [5.74, 6) is 0.196. The van der Waals surface area contributed by atoms with Crippen molar-refractivity contribution in [2.45, 2.75) is 6.92 Å². The Morgan fingerprint density at radius 3 is 1.85 bits per heavy atom. The van der Waals surface area contributed by atoms with Crippen LogP contribution in [0, 0.1) is 6.92 Å². The molecule has 3 aromatic carbocycles. The molecule has 0 amide bonds. The Kier molecular flexibility index (Phi) is 4.58. The summed E-state index contributed by atoms with van der Waals surface area (Å²) in [6, 6.07) is 31.6. The number of aliphatic hydroxyl groups is 1. The van der Waals surface area contributed by atoms with Crippen molar-refractivity contribution in [2.24, 2.45) is 0 Å². The molecular weight excluding hydrogens is 332 g/mol. The smallest absolute Gasteiger partial charge is 0.149 e. The zero-order chi connectivity index (χ0) is 18.6. The van der Waals surface area contributed by atoms with Gasteiger partial charge in [-0.25, -0.2) is 4.68 Å². The van der Waals surface area contributed by atoms with Crippen molar-refractivity contribution in [1.29, 1.82) is 0 Å². The van der Waals surface area contributed by atoms with E-state index >= 15 is 0 Å². The van der Waals surface area contributed by atoms with Crippen LogP contribution in [0.4, 0.5) is 0 Å². The maximum atomic E-state index is 11.2. The Balaban J connectivity index is 2.00. The molecule has 4 aromatic rings. The summed E-state index contributed by atoms with van der Waals surface area (Å²) < 4.78 is 1.84. The van der Waals surface area contributed by atoms with Crippen molar-refractivity contribution in [3.63, 3.8) is 0 Å². The predicted octanol–water partition coefficient (Wildman–Crippen LogP) is 5.79. The number of aromatic nitrogens is 2. The lowest BCUT2D eigenvalue weighted by Gasteiger charge is -2.15. The minimum Gasteiger partial charge on any atom is -0.505 e. The van der Waals surface area contributed by atoms with Gasteiger partial charge in [0, 0.05) is 16.7 Å². The fraction of sp³-hybridized carbons (Fsp3) is 0.0417. The van der Waals surface area contributed by atoms with E-state index in [1.54, 1.807) is 0 Å². The summed E-state index contributed by atoms with van der Waals surface area (Å²) in [6.07, 6.45) is 0. The first-order valence-corrected chi connectivity index (χ1v) is 8.90. The summed E-state index contributed by atoms with van der Waals surface area (Å²) >= 11 is 0. The summed E-state index contributed by atoms with van der Waals surface area (Å²) in [7, 11) is 0. The topological polar surface area (TPSA) is 38.0 Å². The van der Waals surface area contributed by atoms with Gasteiger partial charge in [-0.3, -0.25) is 0 Å². The van der Waals surface area contributed by atoms with Gasteiger partial charge in [-0.2, -0.15) is 5.10 Å². The van der Waals surface area contributed by atoms with Gasteiger partial charge in [-0.05, 0) is 13.0 Å². The number of benzene rings is 3. The van der Waals surface area contributed by atoms with E-state index < -0.39 is 0 Å². The molecule has 0 aliphatic rings. The summed E-state index contributed by atoms with van der Waals surface area (Å²) in [5, 5.41) is 15.9. The van der Waals surface area contributed by atoms with Crippen molar-refractivity contribution in [3.05, 3.63) is 114 Å². The van der Waals surface area contributed by atoms with Crippen molar-refractivity contribution in [3.8, 4) is 11.3 Å². The average molecular weight is 352 g/mol. The van der Waals surface area contributed by atoms with E-state index in [9.17, 15) is 5.11 Å². The van der Waals surface area contributed by atoms with E-state index in [-0.39, 0.29) is 5.76 Å². The molecule has 0 radical (unpaired) electrons. The van der Waals surface area contributed by atoms with Gasteiger partial charge in [-0.1, -0.05) is 91.0 Å². The summed E-state index contributed by atoms with van der Waals surface area (Å²) in [6.45, 7) is 1.96. The van der Waals surface area contributed by atoms with E-state index in [0.29, 0.717) is 5.70 Å². The molecule has 0 aliphatic heterocycles. The quantitative estimate of drug-likeness (QED) is 0.373. The van der Waals surface area contributed by atoms with E-state index in [1.165, 1.54) is 0 Å². The van der Waals surface area contributed by atoms with E-state index in [1.807, 2.05) is 96.5 Å². The average Bonchev–Trinajstić information content (AvgIpc) is 3.11. The standard InChI is InChI=1S/C24H20N2O/c1-18-17-22(19-11-5-2-6-12-19)26(25-18)23(20-13-7-3-8-14-20)24(27)21-15-9-4-10-16-21/h2-17,27H,1H3/b24-23+. The first-order valence-electron chi connectivity index (χ1n) is 8.90. The van der Waals surface area contributed by atoms with Crippen LogP contribution in [0.5, 0.6) is 0 Å². The third-order valence-electron chi connectivity index (χ3n) is 4.43. The van der Waals surface area contributed by atoms with Gasteiger partial charge >= 0.3 is 0 Å². The second kappa shape index (κ2) is 7.34. The molecule has 1 heterocycles. The van der Waals surface area contributed by atoms with Crippen LogP contribution < -0.4 is 0 Å². The molecule has 132 valence electrons. The number of hydrogen-bond acceptors (Lipinski definition) is 2. The molecule has 0 spiro atoms. The zero-order valence-electron chi connectivity index (χ0n) is 15.1. The Hall–Kier alpha value is -3.59. The number of hydrogen-bond donors (Lipinski definition) is 1. The van der Waals surface area contributed by atoms with Gasteiger partial charge in [0.25, 0.3) is 0 Å². The Morgan fingerprint density at radius 1 is 0.741 bits per heavy atom. The highest BCUT2D eigenvalue weighted by atomic mass is 16.3. The molecule has 0 atom stereocenters. The fourth-order valence-electron chi connectivity index (χ4n) is 3.17. The summed E-state index contributed by atoms with van der Waals surface area (Å²) in [4.78, 5) is 0. The third kappa shape index (κ3) is 3.40. The minimum atomic E-state index is 0.196. The Bertz CT molecular complexity index is 1070. The van der Waals surface area contributed by atoms with E-state index in [2.05, 4.69) is 12.1 Å². The molecule has 1 N–H and O–H groups in total. The van der Waals surface area contributed by atoms with Crippen LogP contribution in [-0.2, 0) is 0 Å². The molecule has 0 bridgehead atoms. The van der Waals surface area contributed by atoms with Crippen molar-refractivity contribution in [1.82, 2.24) is 9.78 Å². The van der Waals surface area contributed by atoms with Gasteiger partial charge in [0.2, 0.25) is 0 Å². The number of rotatable bonds is 4. The van der Waals surface area contributed by atoms with Crippen LogP contribution in [0.25, 0.3) is 22.7 Å². The molecule has 3 nitrogen and oxygen atoms in total. The number of aliphatic hydroxyl groups excluding tert-OH is 1. The molecule has 0 aliphatic carbocycles. The SMILES string of the molecule is Cc1cc(-c2ccccc2)n(/C(=C(/O)c2ccccc2)c2ccccc2)n1. The molecule has 0 unspecified atom stereocenters. The summed E-state index contributed by atoms with van der Waals surface area (Å²) in [5.41, 5.74) is 5.20. The van der Waals surface area contributed by atoms with Gasteiger partial charge < -0.3 is 5.11 Å². The molecule has 0 saturated heterocycles. The van der Waals surface area contributed by atoms with Gasteiger partial charge in [0.1, 0.15) is 11.5 Å². The Morgan fingerprint density at radius 2 is 1.26 bits per heavy atom. The molecular formula is C24H20N2O. The highest BCUT2D eigenvalue weighted by molar-refractivity contribution is 5.88. The van der Waals surface area contributed by atoms with E-state index in [4.69, 9.17) is 5.10 Å². The number of aryl methyl sites for hydroxylation is 1. The largest absolute Gasteiger partial charge is 0.505 e. The van der Waals surface area contributed by atoms with E-state index in [0.717, 1.165) is 28.1 Å². The normalized spacial score (nSPS) is 11.9. The van der Waals surface area contributed by atoms with Gasteiger partial charge in [-0.15, -0.1) is 0 Å². The van der Waals surface area contributed by atoms with Crippen LogP contribution in [0.1, 0.15) is 16.8 Å². The number of nitrogens with zero attached hydrogens (tertiary/aromatic N) is 2. The molecule has 3 heteroatoms. The predicted molar refractivity (Wildman–Crippen MR) is 110 cm³/mol. The maximum Gasteiger partial charge on any atom is 0.149 e. The monoisotopic (exact) mass is 352 g/mol. The lowest BCUT2D eigenvalue weighted by molar-refractivity contribution is 0.510. The van der Waals surface area contributed by atoms with Gasteiger partial charge in [0.05, 0.1) is 11.4 Å². The second-order valence-electron chi connectivity index (χ2n) is 6.38. The molecule has 27 heavy (non-hydrogen) atoms. The van der Waals surface area contributed by atoms with Crippen LogP contribution >= 0.6 is 0 Å². The fourth-order valence-corrected chi connectivity index (χ4v) is 3.17. The van der Waals surface area contributed by atoms with Crippen LogP contribution in [0.15, 0.2) is 97.1 Å². The maximum absolute atomic E-state index is 11.2. The highest BCUT2D eigenvalue weighted by Gasteiger charge is 2.18. The molecule has 1 aromatic heterocycles. The first kappa shape index (κ1) is 16.9. The second-order valence-corrected chi connectivity index (χ2v) is 6.38. The van der Waals surface area contributed by atoms with Crippen molar-refractivity contribution >= 4 is 11.5 Å². The third-order valence-corrected chi connectivity index (χ3v) is 4.43. The van der Waals surface area contributed by atoms with Crippen molar-refractivity contribution < 1.29 is 5.11 Å². The minimum absolute atomic E-state index is 0.196. The van der Waals surface area contributed by atoms with Gasteiger partial charge in [0.15, 0.2) is 0 Å².